The van der Waals surface area contributed by atoms with Gasteiger partial charge in [0.1, 0.15) is 0 Å². The van der Waals surface area contributed by atoms with Gasteiger partial charge in [0.05, 0.1) is 12.0 Å². The first-order chi connectivity index (χ1) is 12.6. The Morgan fingerprint density at radius 2 is 1.96 bits per heavy atom. The van der Waals surface area contributed by atoms with Crippen molar-refractivity contribution >= 4 is 17.7 Å². The SMILES string of the molecule is CCOC(=O)N1CC[C@@H](N2CCC3(CC2)C(=O)N(C)c2ccccc23)C1. The predicted molar refractivity (Wildman–Crippen MR) is 99.3 cm³/mol. The number of nitrogens with zero attached hydrogens (tertiary/aromatic N) is 3. The van der Waals surface area contributed by atoms with Crippen molar-refractivity contribution in [2.45, 2.75) is 37.6 Å². The molecule has 1 atom stereocenters. The van der Waals surface area contributed by atoms with Gasteiger partial charge in [-0.1, -0.05) is 18.2 Å². The van der Waals surface area contributed by atoms with Gasteiger partial charge >= 0.3 is 6.09 Å². The zero-order chi connectivity index (χ0) is 18.3. The van der Waals surface area contributed by atoms with Crippen LogP contribution in [0.1, 0.15) is 31.7 Å². The Labute approximate surface area is 154 Å². The summed E-state index contributed by atoms with van der Waals surface area (Å²) in [6.45, 7) is 5.54. The smallest absolute Gasteiger partial charge is 0.409 e. The summed E-state index contributed by atoms with van der Waals surface area (Å²) in [5, 5.41) is 0. The molecule has 0 aromatic heterocycles. The molecule has 2 fully saturated rings. The van der Waals surface area contributed by atoms with Crippen LogP contribution < -0.4 is 4.90 Å². The number of benzene rings is 1. The van der Waals surface area contributed by atoms with Crippen LogP contribution in [0.25, 0.3) is 0 Å². The Kier molecular flexibility index (Phi) is 4.39. The lowest BCUT2D eigenvalue weighted by Gasteiger charge is -2.40. The van der Waals surface area contributed by atoms with E-state index in [9.17, 15) is 9.59 Å². The molecule has 26 heavy (non-hydrogen) atoms. The molecule has 0 saturated carbocycles. The fourth-order valence-electron chi connectivity index (χ4n) is 4.89. The van der Waals surface area contributed by atoms with Crippen molar-refractivity contribution in [2.75, 3.05) is 44.7 Å². The van der Waals surface area contributed by atoms with Gasteiger partial charge in [0.2, 0.25) is 5.91 Å². The summed E-state index contributed by atoms with van der Waals surface area (Å²) in [6, 6.07) is 8.57. The summed E-state index contributed by atoms with van der Waals surface area (Å²) in [5.41, 5.74) is 1.88. The molecular weight excluding hydrogens is 330 g/mol. The first-order valence-electron chi connectivity index (χ1n) is 9.60. The number of rotatable bonds is 2. The van der Waals surface area contributed by atoms with Gasteiger partial charge in [0.25, 0.3) is 0 Å². The van der Waals surface area contributed by atoms with Gasteiger partial charge in [-0.3, -0.25) is 9.69 Å². The number of likely N-dealkylation sites (N-methyl/N-ethyl adjacent to an activating group) is 1. The summed E-state index contributed by atoms with van der Waals surface area (Å²) in [6.07, 6.45) is 2.48. The molecule has 0 bridgehead atoms. The molecule has 140 valence electrons. The molecule has 2 amide bonds. The lowest BCUT2D eigenvalue weighted by Crippen LogP contribution is -2.51. The van der Waals surface area contributed by atoms with Crippen LogP contribution in [-0.4, -0.2) is 67.7 Å². The second-order valence-corrected chi connectivity index (χ2v) is 7.59. The van der Waals surface area contributed by atoms with E-state index in [0.717, 1.165) is 51.1 Å². The minimum atomic E-state index is -0.360. The van der Waals surface area contributed by atoms with Gasteiger partial charge in [0.15, 0.2) is 0 Å². The summed E-state index contributed by atoms with van der Waals surface area (Å²) < 4.78 is 5.12. The second kappa shape index (κ2) is 6.58. The molecule has 1 aromatic rings. The van der Waals surface area contributed by atoms with Crippen LogP contribution in [-0.2, 0) is 14.9 Å². The Bertz CT molecular complexity index is 712. The van der Waals surface area contributed by atoms with Crippen LogP contribution in [0, 0.1) is 0 Å². The van der Waals surface area contributed by atoms with E-state index in [1.54, 1.807) is 0 Å². The Balaban J connectivity index is 1.44. The molecule has 1 spiro atoms. The Morgan fingerprint density at radius 1 is 1.23 bits per heavy atom. The van der Waals surface area contributed by atoms with E-state index in [1.807, 2.05) is 42.0 Å². The number of carbonyl (C=O) groups is 2. The standard InChI is InChI=1S/C20H27N3O3/c1-3-26-19(25)23-11-8-15(14-23)22-12-9-20(10-13-22)16-6-4-5-7-17(16)21(2)18(20)24/h4-7,15H,3,8-14H2,1-2H3/t15-/m1/s1. The first-order valence-corrected chi connectivity index (χ1v) is 9.60. The number of piperidine rings is 1. The van der Waals surface area contributed by atoms with Crippen LogP contribution in [0.5, 0.6) is 0 Å². The van der Waals surface area contributed by atoms with Crippen molar-refractivity contribution in [1.82, 2.24) is 9.80 Å². The summed E-state index contributed by atoms with van der Waals surface area (Å²) in [7, 11) is 1.89. The third-order valence-electron chi connectivity index (χ3n) is 6.35. The Morgan fingerprint density at radius 3 is 2.69 bits per heavy atom. The zero-order valence-electron chi connectivity index (χ0n) is 15.6. The number of anilines is 1. The molecule has 1 aromatic carbocycles. The maximum Gasteiger partial charge on any atom is 0.409 e. The Hall–Kier alpha value is -2.08. The molecule has 0 N–H and O–H groups in total. The van der Waals surface area contributed by atoms with Gasteiger partial charge in [0, 0.05) is 31.9 Å². The molecular formula is C20H27N3O3. The molecule has 6 heteroatoms. The number of amides is 2. The monoisotopic (exact) mass is 357 g/mol. The molecule has 0 unspecified atom stereocenters. The highest BCUT2D eigenvalue weighted by atomic mass is 16.6. The van der Waals surface area contributed by atoms with Gasteiger partial charge < -0.3 is 14.5 Å². The van der Waals surface area contributed by atoms with Crippen LogP contribution in [0.2, 0.25) is 0 Å². The minimum Gasteiger partial charge on any atom is -0.450 e. The average Bonchev–Trinajstić information content (AvgIpc) is 3.23. The van der Waals surface area contributed by atoms with Crippen molar-refractivity contribution in [1.29, 1.82) is 0 Å². The fraction of sp³-hybridized carbons (Fsp3) is 0.600. The topological polar surface area (TPSA) is 53.1 Å². The van der Waals surface area contributed by atoms with Gasteiger partial charge in [-0.15, -0.1) is 0 Å². The number of fused-ring (bicyclic) bond motifs is 2. The normalized spacial score (nSPS) is 25.0. The predicted octanol–water partition coefficient (Wildman–Crippen LogP) is 2.23. The van der Waals surface area contributed by atoms with Crippen molar-refractivity contribution in [3.63, 3.8) is 0 Å². The van der Waals surface area contributed by atoms with E-state index in [-0.39, 0.29) is 17.4 Å². The maximum atomic E-state index is 13.0. The quantitative estimate of drug-likeness (QED) is 0.814. The third kappa shape index (κ3) is 2.58. The third-order valence-corrected chi connectivity index (χ3v) is 6.35. The number of hydrogen-bond acceptors (Lipinski definition) is 4. The van der Waals surface area contributed by atoms with Crippen LogP contribution in [0.15, 0.2) is 24.3 Å². The van der Waals surface area contributed by atoms with E-state index >= 15 is 0 Å². The molecule has 3 aliphatic heterocycles. The fourth-order valence-corrected chi connectivity index (χ4v) is 4.89. The van der Waals surface area contributed by atoms with Crippen LogP contribution in [0.3, 0.4) is 0 Å². The van der Waals surface area contributed by atoms with Crippen LogP contribution in [0.4, 0.5) is 10.5 Å². The summed E-state index contributed by atoms with van der Waals surface area (Å²) >= 11 is 0. The van der Waals surface area contributed by atoms with Crippen molar-refractivity contribution in [2.24, 2.45) is 0 Å². The molecule has 2 saturated heterocycles. The van der Waals surface area contributed by atoms with Gasteiger partial charge in [-0.05, 0) is 50.9 Å². The second-order valence-electron chi connectivity index (χ2n) is 7.59. The first kappa shape index (κ1) is 17.3. The molecule has 3 heterocycles. The van der Waals surface area contributed by atoms with Gasteiger partial charge in [-0.25, -0.2) is 4.79 Å². The number of ether oxygens (including phenoxy) is 1. The highest BCUT2D eigenvalue weighted by molar-refractivity contribution is 6.07. The lowest BCUT2D eigenvalue weighted by molar-refractivity contribution is -0.124. The van der Waals surface area contributed by atoms with Crippen molar-refractivity contribution in [3.05, 3.63) is 29.8 Å². The molecule has 0 radical (unpaired) electrons. The average molecular weight is 357 g/mol. The van der Waals surface area contributed by atoms with E-state index in [0.29, 0.717) is 12.6 Å². The van der Waals surface area contributed by atoms with E-state index in [1.165, 1.54) is 5.56 Å². The summed E-state index contributed by atoms with van der Waals surface area (Å²) in [4.78, 5) is 31.0. The number of likely N-dealkylation sites (tertiary alicyclic amines) is 2. The highest BCUT2D eigenvalue weighted by Gasteiger charge is 2.51. The van der Waals surface area contributed by atoms with Crippen molar-refractivity contribution < 1.29 is 14.3 Å². The molecule has 0 aliphatic carbocycles. The van der Waals surface area contributed by atoms with E-state index in [4.69, 9.17) is 4.74 Å². The maximum absolute atomic E-state index is 13.0. The minimum absolute atomic E-state index is 0.204. The number of carbonyl (C=O) groups excluding carboxylic acids is 2. The summed E-state index contributed by atoms with van der Waals surface area (Å²) in [5.74, 6) is 0.234. The zero-order valence-corrected chi connectivity index (χ0v) is 15.6. The number of para-hydroxylation sites is 1. The largest absolute Gasteiger partial charge is 0.450 e. The van der Waals surface area contributed by atoms with Crippen LogP contribution >= 0.6 is 0 Å². The lowest BCUT2D eigenvalue weighted by atomic mass is 9.73. The highest BCUT2D eigenvalue weighted by Crippen LogP contribution is 2.47. The van der Waals surface area contributed by atoms with Gasteiger partial charge in [-0.2, -0.15) is 0 Å². The van der Waals surface area contributed by atoms with Crippen molar-refractivity contribution in [3.8, 4) is 0 Å². The number of hydrogen-bond donors (Lipinski definition) is 0. The van der Waals surface area contributed by atoms with E-state index < -0.39 is 0 Å². The molecule has 4 rings (SSSR count). The van der Waals surface area contributed by atoms with E-state index in [2.05, 4.69) is 11.0 Å². The molecule has 3 aliphatic rings. The molecule has 6 nitrogen and oxygen atoms in total.